The van der Waals surface area contributed by atoms with E-state index in [1.165, 1.54) is 0 Å². The molecule has 0 aliphatic heterocycles. The zero-order valence-corrected chi connectivity index (χ0v) is 35.8. The smallest absolute Gasteiger partial charge is 0.850 e. The summed E-state index contributed by atoms with van der Waals surface area (Å²) in [5, 5.41) is 70.7. The van der Waals surface area contributed by atoms with Gasteiger partial charge < -0.3 is 35.7 Å². The van der Waals surface area contributed by atoms with E-state index in [2.05, 4.69) is 4.98 Å². The summed E-state index contributed by atoms with van der Waals surface area (Å²) < 4.78 is 0. The predicted octanol–water partition coefficient (Wildman–Crippen LogP) is 2.10. The maximum absolute atomic E-state index is 10.1. The Morgan fingerprint density at radius 1 is 0.302 bits per heavy atom. The monoisotopic (exact) mass is 786 g/mol. The van der Waals surface area contributed by atoms with Crippen LogP contribution in [0.5, 0.6) is 0 Å². The van der Waals surface area contributed by atoms with Crippen LogP contribution < -0.4 is 35.7 Å². The second kappa shape index (κ2) is 31.4. The molecular weight excluding hydrogens is 718 g/mol. The molecule has 0 bridgehead atoms. The predicted molar refractivity (Wildman–Crippen MR) is 163 cm³/mol. The standard InChI is InChI=1S/C5H5N.7C4H9O.Ce.Fe/c1-2-4-6-5-3-1;7*1-4(2,3)5;;/h1-5H;7*1-3H3;;/q;7*-1;+4;+3. The summed E-state index contributed by atoms with van der Waals surface area (Å²) in [6.45, 7) is 34.3. The first-order valence-corrected chi connectivity index (χ1v) is 13.8. The number of hydrogen-bond donors (Lipinski definition) is 0. The first kappa shape index (κ1) is 66.2. The summed E-state index contributed by atoms with van der Waals surface area (Å²) in [5.74, 6) is 0. The summed E-state index contributed by atoms with van der Waals surface area (Å²) >= 11 is 0. The van der Waals surface area contributed by atoms with Crippen LogP contribution in [0, 0.1) is 41.7 Å². The van der Waals surface area contributed by atoms with Gasteiger partial charge in [-0.1, -0.05) is 151 Å². The van der Waals surface area contributed by atoms with E-state index in [9.17, 15) is 35.7 Å². The molecular formula is C33H68CeFeNO7. The van der Waals surface area contributed by atoms with Crippen molar-refractivity contribution in [2.24, 2.45) is 0 Å². The van der Waals surface area contributed by atoms with Crippen LogP contribution in [0.15, 0.2) is 30.6 Å². The summed E-state index contributed by atoms with van der Waals surface area (Å²) in [5.41, 5.74) is -5.25. The molecule has 0 N–H and O–H groups in total. The Morgan fingerprint density at radius 2 is 0.395 bits per heavy atom. The SMILES string of the molecule is CC(C)(C)[O-].CC(C)(C)[O-].CC(C)(C)[O-].CC(C)(C)[O-].CC(C)(C)[O-].CC(C)(C)[O-].CC(C)(C)[O-].[Ce+4].[Fe+3].c1ccncc1. The van der Waals surface area contributed by atoms with E-state index in [0.717, 1.165) is 0 Å². The van der Waals surface area contributed by atoms with Crippen molar-refractivity contribution < 1.29 is 94.6 Å². The average Bonchev–Trinajstić information content (AvgIpc) is 2.44. The minimum Gasteiger partial charge on any atom is -0.850 e. The van der Waals surface area contributed by atoms with E-state index in [0.29, 0.717) is 0 Å². The minimum absolute atomic E-state index is 0. The topological polar surface area (TPSA) is 174 Å². The number of nitrogens with zero attached hydrogens (tertiary/aromatic N) is 1. The summed E-state index contributed by atoms with van der Waals surface area (Å²) in [4.78, 5) is 3.78. The minimum atomic E-state index is -0.750. The molecule has 1 aromatic rings. The van der Waals surface area contributed by atoms with Crippen LogP contribution in [0.25, 0.3) is 0 Å². The van der Waals surface area contributed by atoms with Crippen LogP contribution >= 0.6 is 0 Å². The second-order valence-electron chi connectivity index (χ2n) is 15.8. The van der Waals surface area contributed by atoms with Gasteiger partial charge in [-0.15, -0.1) is 39.2 Å². The van der Waals surface area contributed by atoms with Crippen LogP contribution in [0.3, 0.4) is 0 Å². The first-order valence-electron chi connectivity index (χ1n) is 13.8. The van der Waals surface area contributed by atoms with Crippen molar-refractivity contribution in [3.63, 3.8) is 0 Å². The second-order valence-corrected chi connectivity index (χ2v) is 15.8. The molecule has 10 heteroatoms. The van der Waals surface area contributed by atoms with Gasteiger partial charge in [-0.3, -0.25) is 4.98 Å². The third-order valence-electron chi connectivity index (χ3n) is 0.566. The van der Waals surface area contributed by atoms with Crippen LogP contribution in [0.1, 0.15) is 145 Å². The van der Waals surface area contributed by atoms with Crippen LogP contribution in [0.2, 0.25) is 0 Å². The maximum Gasteiger partial charge on any atom is 4.00 e. The Labute approximate surface area is 312 Å². The summed E-state index contributed by atoms with van der Waals surface area (Å²) in [6.07, 6.45) is 3.50. The van der Waals surface area contributed by atoms with Gasteiger partial charge in [-0.25, -0.2) is 0 Å². The summed E-state index contributed by atoms with van der Waals surface area (Å²) in [7, 11) is 0. The van der Waals surface area contributed by atoms with Gasteiger partial charge in [-0.2, -0.15) is 0 Å². The Morgan fingerprint density at radius 3 is 0.419 bits per heavy atom. The van der Waals surface area contributed by atoms with E-state index in [-0.39, 0.29) is 58.8 Å². The fraction of sp³-hybridized carbons (Fsp3) is 0.848. The molecule has 259 valence electrons. The molecule has 1 radical (unpaired) electrons. The van der Waals surface area contributed by atoms with Crippen LogP contribution in [0.4, 0.5) is 0 Å². The van der Waals surface area contributed by atoms with E-state index in [4.69, 9.17) is 0 Å². The van der Waals surface area contributed by atoms with Gasteiger partial charge in [0.2, 0.25) is 0 Å². The van der Waals surface area contributed by atoms with Gasteiger partial charge in [-0.05, 0) is 12.1 Å². The fourth-order valence-electron chi connectivity index (χ4n) is 0.313. The van der Waals surface area contributed by atoms with Crippen molar-refractivity contribution in [2.45, 2.75) is 185 Å². The van der Waals surface area contributed by atoms with Crippen molar-refractivity contribution in [1.29, 1.82) is 0 Å². The normalized spacial score (nSPS) is 10.9. The van der Waals surface area contributed by atoms with Crippen molar-refractivity contribution >= 4 is 0 Å². The van der Waals surface area contributed by atoms with Crippen molar-refractivity contribution in [3.05, 3.63) is 30.6 Å². The van der Waals surface area contributed by atoms with E-state index >= 15 is 0 Å². The molecule has 0 aliphatic rings. The van der Waals surface area contributed by atoms with Crippen molar-refractivity contribution in [3.8, 4) is 0 Å². The van der Waals surface area contributed by atoms with Gasteiger partial charge in [0.05, 0.1) is 0 Å². The molecule has 0 spiro atoms. The molecule has 0 saturated heterocycles. The third kappa shape index (κ3) is 1550. The molecule has 0 saturated carbocycles. The molecule has 1 rings (SSSR count). The molecule has 0 amide bonds. The zero-order valence-electron chi connectivity index (χ0n) is 31.5. The zero-order chi connectivity index (χ0) is 35.7. The molecule has 0 atom stereocenters. The maximum atomic E-state index is 10.1. The molecule has 8 nitrogen and oxygen atoms in total. The molecule has 0 fully saturated rings. The Hall–Kier alpha value is 0.766. The number of pyridine rings is 1. The Balaban J connectivity index is -0.0000000437. The van der Waals surface area contributed by atoms with E-state index < -0.39 is 39.2 Å². The number of aromatic nitrogens is 1. The first-order chi connectivity index (χ1) is 17.0. The van der Waals surface area contributed by atoms with Gasteiger partial charge in [0.25, 0.3) is 0 Å². The van der Waals surface area contributed by atoms with Gasteiger partial charge in [0.1, 0.15) is 0 Å². The van der Waals surface area contributed by atoms with Crippen LogP contribution in [-0.2, 0) is 17.1 Å². The summed E-state index contributed by atoms with van der Waals surface area (Å²) in [6, 6.07) is 5.72. The van der Waals surface area contributed by atoms with Gasteiger partial charge in [0.15, 0.2) is 0 Å². The van der Waals surface area contributed by atoms with Crippen molar-refractivity contribution in [2.75, 3.05) is 0 Å². The average molecular weight is 787 g/mol. The quantitative estimate of drug-likeness (QED) is 0.360. The molecule has 1 heterocycles. The molecule has 1 aromatic heterocycles. The van der Waals surface area contributed by atoms with E-state index in [1.807, 2.05) is 18.2 Å². The number of hydrogen-bond acceptors (Lipinski definition) is 8. The molecule has 0 aliphatic carbocycles. The van der Waals surface area contributed by atoms with Gasteiger partial charge >= 0.3 is 58.8 Å². The Kier molecular flexibility index (Phi) is 48.3. The number of rotatable bonds is 0. The third-order valence-corrected chi connectivity index (χ3v) is 0.566. The Bertz CT molecular complexity index is 443. The largest absolute Gasteiger partial charge is 4.00 e. The van der Waals surface area contributed by atoms with Gasteiger partial charge in [0, 0.05) is 12.4 Å². The van der Waals surface area contributed by atoms with Crippen molar-refractivity contribution in [1.82, 2.24) is 4.98 Å². The molecule has 43 heavy (non-hydrogen) atoms. The van der Waals surface area contributed by atoms with E-state index in [1.54, 1.807) is 158 Å². The van der Waals surface area contributed by atoms with Crippen LogP contribution in [-0.4, -0.2) is 44.2 Å². The fourth-order valence-corrected chi connectivity index (χ4v) is 0.313. The molecule has 0 aromatic carbocycles. The molecule has 0 unspecified atom stereocenters.